The summed E-state index contributed by atoms with van der Waals surface area (Å²) >= 11 is 0. The number of likely N-dealkylation sites (N-methyl/N-ethyl adjacent to an activating group) is 1. The van der Waals surface area contributed by atoms with Crippen molar-refractivity contribution >= 4 is 34.4 Å². The van der Waals surface area contributed by atoms with Crippen LogP contribution in [0.3, 0.4) is 0 Å². The fraction of sp³-hybridized carbons (Fsp3) is 0.556. The lowest BCUT2D eigenvalue weighted by Gasteiger charge is -2.42. The lowest BCUT2D eigenvalue weighted by Crippen LogP contribution is -2.53. The van der Waals surface area contributed by atoms with E-state index >= 15 is 0 Å². The van der Waals surface area contributed by atoms with E-state index in [1.807, 2.05) is 45.0 Å². The fourth-order valence-electron chi connectivity index (χ4n) is 8.05. The second kappa shape index (κ2) is 14.0. The Labute approximate surface area is 277 Å². The van der Waals surface area contributed by atoms with E-state index in [1.165, 1.54) is 0 Å². The smallest absolute Gasteiger partial charge is 0.322 e. The lowest BCUT2D eigenvalue weighted by molar-refractivity contribution is -0.143. The molecule has 2 aromatic carbocycles. The van der Waals surface area contributed by atoms with Crippen molar-refractivity contribution in [1.29, 1.82) is 0 Å². The molecule has 1 aromatic heterocycles. The molecule has 5 heterocycles. The Morgan fingerprint density at radius 2 is 1.60 bits per heavy atom. The van der Waals surface area contributed by atoms with E-state index in [2.05, 4.69) is 44.5 Å². The predicted octanol–water partition coefficient (Wildman–Crippen LogP) is 3.43. The third-order valence-corrected chi connectivity index (χ3v) is 11.0. The van der Waals surface area contributed by atoms with Crippen LogP contribution >= 0.6 is 0 Å². The van der Waals surface area contributed by atoms with E-state index in [0.717, 1.165) is 99.1 Å². The van der Waals surface area contributed by atoms with Crippen molar-refractivity contribution in [2.24, 2.45) is 5.92 Å². The van der Waals surface area contributed by atoms with Gasteiger partial charge in [-0.15, -0.1) is 0 Å². The number of fused-ring (bicyclic) bond motifs is 2. The maximum absolute atomic E-state index is 14.1. The number of aromatic amines is 1. The van der Waals surface area contributed by atoms with Gasteiger partial charge in [-0.1, -0.05) is 24.3 Å². The van der Waals surface area contributed by atoms with Gasteiger partial charge in [0.25, 0.3) is 0 Å². The summed E-state index contributed by atoms with van der Waals surface area (Å²) in [5, 5.41) is 11.2. The first kappa shape index (κ1) is 31.6. The molecule has 11 heteroatoms. The Morgan fingerprint density at radius 3 is 2.38 bits per heavy atom. The highest BCUT2D eigenvalue weighted by molar-refractivity contribution is 5.91. The van der Waals surface area contributed by atoms with Gasteiger partial charge in [-0.2, -0.15) is 5.10 Å². The number of nitrogens with zero attached hydrogens (tertiary/aromatic N) is 6. The van der Waals surface area contributed by atoms with Crippen LogP contribution in [-0.4, -0.2) is 131 Å². The number of benzene rings is 2. The summed E-state index contributed by atoms with van der Waals surface area (Å²) in [5.41, 5.74) is 4.05. The van der Waals surface area contributed by atoms with Crippen LogP contribution in [0.15, 0.2) is 48.7 Å². The highest BCUT2D eigenvalue weighted by Crippen LogP contribution is 2.27. The lowest BCUT2D eigenvalue weighted by atomic mass is 9.91. The molecule has 1 atom stereocenters. The number of para-hydroxylation sites is 1. The minimum atomic E-state index is -0.417. The average molecular weight is 641 g/mol. The van der Waals surface area contributed by atoms with Gasteiger partial charge in [-0.05, 0) is 74.9 Å². The molecule has 4 amide bonds. The second-order valence-corrected chi connectivity index (χ2v) is 13.9. The Hall–Kier alpha value is -3.96. The molecule has 2 N–H and O–H groups in total. The first-order valence-corrected chi connectivity index (χ1v) is 17.5. The molecular formula is C36H48N8O3. The molecule has 0 bridgehead atoms. The van der Waals surface area contributed by atoms with Crippen LogP contribution in [0.5, 0.6) is 0 Å². The Morgan fingerprint density at radius 1 is 0.872 bits per heavy atom. The fourth-order valence-corrected chi connectivity index (χ4v) is 8.05. The normalized spacial score (nSPS) is 21.4. The summed E-state index contributed by atoms with van der Waals surface area (Å²) in [5.74, 6) is -0.288. The SMILES string of the molecule is CN1CCN(C2CCN(C(=O)C(CC(=O)N3CCC(N4CCc5ccccc5NC4=O)CC3)Cc3ccc4[nH]ncc4c3)CC2)CC1. The quantitative estimate of drug-likeness (QED) is 0.410. The Bertz CT molecular complexity index is 1570. The number of anilines is 1. The number of rotatable bonds is 7. The van der Waals surface area contributed by atoms with E-state index in [0.29, 0.717) is 32.1 Å². The van der Waals surface area contributed by atoms with Crippen LogP contribution < -0.4 is 5.32 Å². The zero-order chi connectivity index (χ0) is 32.3. The standard InChI is InChI=1S/C36H48N8O3/c1-40-18-20-41(21-19-40)30-9-15-43(16-10-30)35(46)28(22-26-6-7-33-29(23-26)25-37-39-33)24-34(45)42-13-11-31(12-14-42)44-17-8-27-4-2-3-5-32(27)38-36(44)47/h2-7,23,25,28,30-31H,8-22,24H2,1H3,(H,37,39)(H,38,47). The number of H-pyrrole nitrogens is 1. The number of hydrogen-bond acceptors (Lipinski definition) is 6. The van der Waals surface area contributed by atoms with Gasteiger partial charge >= 0.3 is 6.03 Å². The number of hydrogen-bond donors (Lipinski definition) is 2. The highest BCUT2D eigenvalue weighted by Gasteiger charge is 2.35. The van der Waals surface area contributed by atoms with Gasteiger partial charge in [-0.25, -0.2) is 4.79 Å². The van der Waals surface area contributed by atoms with Gasteiger partial charge in [-0.3, -0.25) is 19.6 Å². The van der Waals surface area contributed by atoms with Crippen molar-refractivity contribution in [3.8, 4) is 0 Å². The number of aromatic nitrogens is 2. The number of urea groups is 1. The molecule has 4 aliphatic rings. The van der Waals surface area contributed by atoms with E-state index in [4.69, 9.17) is 0 Å². The van der Waals surface area contributed by atoms with Crippen LogP contribution in [0.1, 0.15) is 43.2 Å². The molecule has 47 heavy (non-hydrogen) atoms. The summed E-state index contributed by atoms with van der Waals surface area (Å²) in [6, 6.07) is 14.7. The van der Waals surface area contributed by atoms with Gasteiger partial charge in [0, 0.05) is 88.5 Å². The van der Waals surface area contributed by atoms with Gasteiger partial charge in [0.15, 0.2) is 0 Å². The molecule has 11 nitrogen and oxygen atoms in total. The van der Waals surface area contributed by atoms with Crippen LogP contribution in [-0.2, 0) is 22.4 Å². The third-order valence-electron chi connectivity index (χ3n) is 11.0. The van der Waals surface area contributed by atoms with Crippen molar-refractivity contribution < 1.29 is 14.4 Å². The number of carbonyl (C=O) groups is 3. The molecule has 0 radical (unpaired) electrons. The van der Waals surface area contributed by atoms with E-state index < -0.39 is 5.92 Å². The molecule has 7 rings (SSSR count). The van der Waals surface area contributed by atoms with Crippen molar-refractivity contribution in [2.45, 2.75) is 57.0 Å². The van der Waals surface area contributed by atoms with E-state index in [-0.39, 0.29) is 30.3 Å². The van der Waals surface area contributed by atoms with Gasteiger partial charge in [0.1, 0.15) is 0 Å². The molecule has 3 saturated heterocycles. The number of piperidine rings is 2. The van der Waals surface area contributed by atoms with Crippen molar-refractivity contribution in [1.82, 2.24) is 34.7 Å². The summed E-state index contributed by atoms with van der Waals surface area (Å²) in [7, 11) is 2.18. The number of piperazine rings is 1. The zero-order valence-electron chi connectivity index (χ0n) is 27.6. The maximum Gasteiger partial charge on any atom is 0.322 e. The van der Waals surface area contributed by atoms with Gasteiger partial charge < -0.3 is 24.9 Å². The summed E-state index contributed by atoms with van der Waals surface area (Å²) < 4.78 is 0. The van der Waals surface area contributed by atoms with Crippen LogP contribution in [0.4, 0.5) is 10.5 Å². The van der Waals surface area contributed by atoms with Crippen LogP contribution in [0.25, 0.3) is 10.9 Å². The zero-order valence-corrected chi connectivity index (χ0v) is 27.6. The summed E-state index contributed by atoms with van der Waals surface area (Å²) in [6.07, 6.45) is 6.79. The monoisotopic (exact) mass is 640 g/mol. The maximum atomic E-state index is 14.1. The van der Waals surface area contributed by atoms with Crippen molar-refractivity contribution in [3.05, 3.63) is 59.8 Å². The first-order valence-electron chi connectivity index (χ1n) is 17.5. The number of nitrogens with one attached hydrogen (secondary N) is 2. The topological polar surface area (TPSA) is 108 Å². The largest absolute Gasteiger partial charge is 0.343 e. The molecule has 4 aliphatic heterocycles. The molecule has 3 aromatic rings. The molecule has 250 valence electrons. The molecule has 0 aliphatic carbocycles. The number of amides is 4. The molecule has 0 saturated carbocycles. The summed E-state index contributed by atoms with van der Waals surface area (Å²) in [4.78, 5) is 51.9. The minimum absolute atomic E-state index is 0.0336. The highest BCUT2D eigenvalue weighted by atomic mass is 16.2. The van der Waals surface area contributed by atoms with Crippen molar-refractivity contribution in [2.75, 3.05) is 71.3 Å². The van der Waals surface area contributed by atoms with E-state index in [9.17, 15) is 14.4 Å². The van der Waals surface area contributed by atoms with Crippen LogP contribution in [0.2, 0.25) is 0 Å². The number of likely N-dealkylation sites (tertiary alicyclic amines) is 2. The average Bonchev–Trinajstić information content (AvgIpc) is 3.50. The van der Waals surface area contributed by atoms with Gasteiger partial charge in [0.05, 0.1) is 17.6 Å². The minimum Gasteiger partial charge on any atom is -0.343 e. The first-order chi connectivity index (χ1) is 22.9. The van der Waals surface area contributed by atoms with Crippen LogP contribution in [0, 0.1) is 5.92 Å². The predicted molar refractivity (Wildman–Crippen MR) is 182 cm³/mol. The number of carbonyl (C=O) groups excluding carboxylic acids is 3. The molecule has 1 unspecified atom stereocenters. The third kappa shape index (κ3) is 7.16. The van der Waals surface area contributed by atoms with E-state index in [1.54, 1.807) is 6.20 Å². The van der Waals surface area contributed by atoms with Gasteiger partial charge in [0.2, 0.25) is 11.8 Å². The molecular weight excluding hydrogens is 592 g/mol. The van der Waals surface area contributed by atoms with Crippen molar-refractivity contribution in [3.63, 3.8) is 0 Å². The second-order valence-electron chi connectivity index (χ2n) is 13.9. The summed E-state index contributed by atoms with van der Waals surface area (Å²) in [6.45, 7) is 7.73. The molecule has 3 fully saturated rings. The Kier molecular flexibility index (Phi) is 9.44. The molecule has 0 spiro atoms. The Balaban J connectivity index is 0.981.